The zero-order valence-electron chi connectivity index (χ0n) is 12.6. The molecule has 1 saturated carbocycles. The minimum atomic E-state index is 0.0210. The molecule has 1 aromatic rings. The van der Waals surface area contributed by atoms with Crippen LogP contribution in [0.5, 0.6) is 0 Å². The second-order valence-electron chi connectivity index (χ2n) is 5.83. The van der Waals surface area contributed by atoms with E-state index in [4.69, 9.17) is 5.73 Å². The van der Waals surface area contributed by atoms with Crippen LogP contribution in [0, 0.1) is 12.8 Å². The van der Waals surface area contributed by atoms with Crippen molar-refractivity contribution in [3.8, 4) is 0 Å². The van der Waals surface area contributed by atoms with Gasteiger partial charge >= 0.3 is 0 Å². The lowest BCUT2D eigenvalue weighted by Gasteiger charge is -2.32. The van der Waals surface area contributed by atoms with Crippen molar-refractivity contribution >= 4 is 5.91 Å². The molecule has 0 radical (unpaired) electrons. The Labute approximate surface area is 122 Å². The second kappa shape index (κ2) is 6.89. The maximum Gasteiger partial charge on any atom is 0.227 e. The molecule has 2 unspecified atom stereocenters. The van der Waals surface area contributed by atoms with Gasteiger partial charge in [-0.1, -0.05) is 37.1 Å². The fourth-order valence-electron chi connectivity index (χ4n) is 3.04. The van der Waals surface area contributed by atoms with Gasteiger partial charge in [0.1, 0.15) is 0 Å². The molecule has 0 spiro atoms. The number of hydrogen-bond acceptors (Lipinski definition) is 2. The van der Waals surface area contributed by atoms with Gasteiger partial charge in [-0.2, -0.15) is 0 Å². The summed E-state index contributed by atoms with van der Waals surface area (Å²) in [4.78, 5) is 14.7. The Bertz CT molecular complexity index is 458. The molecular formula is C17H26N2O. The van der Waals surface area contributed by atoms with Crippen LogP contribution < -0.4 is 5.73 Å². The summed E-state index contributed by atoms with van der Waals surface area (Å²) in [6, 6.07) is 8.31. The Morgan fingerprint density at radius 2 is 2.00 bits per heavy atom. The van der Waals surface area contributed by atoms with Gasteiger partial charge in [-0.3, -0.25) is 4.79 Å². The van der Waals surface area contributed by atoms with E-state index in [1.165, 1.54) is 11.1 Å². The Kier molecular flexibility index (Phi) is 5.18. The second-order valence-corrected chi connectivity index (χ2v) is 5.83. The summed E-state index contributed by atoms with van der Waals surface area (Å²) in [6.07, 6.45) is 4.23. The van der Waals surface area contributed by atoms with Gasteiger partial charge < -0.3 is 10.6 Å². The van der Waals surface area contributed by atoms with E-state index < -0.39 is 0 Å². The smallest absolute Gasteiger partial charge is 0.227 e. The lowest BCUT2D eigenvalue weighted by molar-refractivity contribution is -0.137. The highest BCUT2D eigenvalue weighted by atomic mass is 16.2. The van der Waals surface area contributed by atoms with Crippen LogP contribution in [0.4, 0.5) is 0 Å². The zero-order chi connectivity index (χ0) is 14.5. The van der Waals surface area contributed by atoms with Crippen LogP contribution in [0.1, 0.15) is 43.7 Å². The van der Waals surface area contributed by atoms with Gasteiger partial charge in [0.15, 0.2) is 0 Å². The first-order chi connectivity index (χ1) is 9.63. The summed E-state index contributed by atoms with van der Waals surface area (Å²) >= 11 is 0. The van der Waals surface area contributed by atoms with Gasteiger partial charge in [0.05, 0.1) is 5.92 Å². The quantitative estimate of drug-likeness (QED) is 0.917. The molecule has 3 heteroatoms. The topological polar surface area (TPSA) is 46.3 Å². The Hall–Kier alpha value is -1.35. The maximum atomic E-state index is 12.7. The molecule has 0 aliphatic heterocycles. The number of rotatable bonds is 4. The summed E-state index contributed by atoms with van der Waals surface area (Å²) in [5.74, 6) is 0.260. The summed E-state index contributed by atoms with van der Waals surface area (Å²) in [7, 11) is 0. The van der Waals surface area contributed by atoms with E-state index in [2.05, 4.69) is 19.1 Å². The lowest BCUT2D eigenvalue weighted by Crippen LogP contribution is -2.45. The Morgan fingerprint density at radius 3 is 2.65 bits per heavy atom. The van der Waals surface area contributed by atoms with Crippen molar-refractivity contribution in [2.24, 2.45) is 11.7 Å². The molecule has 1 amide bonds. The molecule has 20 heavy (non-hydrogen) atoms. The first kappa shape index (κ1) is 15.0. The Balaban J connectivity index is 2.07. The molecule has 1 aliphatic carbocycles. The molecule has 0 bridgehead atoms. The summed E-state index contributed by atoms with van der Waals surface area (Å²) < 4.78 is 0. The molecule has 2 N–H and O–H groups in total. The van der Waals surface area contributed by atoms with Gasteiger partial charge in [-0.25, -0.2) is 0 Å². The van der Waals surface area contributed by atoms with Crippen LogP contribution >= 0.6 is 0 Å². The minimum absolute atomic E-state index is 0.0210. The third kappa shape index (κ3) is 3.40. The number of carbonyl (C=O) groups is 1. The first-order valence-electron chi connectivity index (χ1n) is 7.72. The number of benzene rings is 1. The maximum absolute atomic E-state index is 12.7. The van der Waals surface area contributed by atoms with Gasteiger partial charge in [0, 0.05) is 19.1 Å². The van der Waals surface area contributed by atoms with Crippen LogP contribution in [0.3, 0.4) is 0 Å². The van der Waals surface area contributed by atoms with Gasteiger partial charge in [0.2, 0.25) is 5.91 Å². The fraction of sp³-hybridized carbons (Fsp3) is 0.588. The van der Waals surface area contributed by atoms with Crippen molar-refractivity contribution in [3.63, 3.8) is 0 Å². The molecule has 1 aliphatic rings. The fourth-order valence-corrected chi connectivity index (χ4v) is 3.04. The largest absolute Gasteiger partial charge is 0.338 e. The molecule has 110 valence electrons. The molecular weight excluding hydrogens is 248 g/mol. The molecule has 3 nitrogen and oxygen atoms in total. The first-order valence-corrected chi connectivity index (χ1v) is 7.72. The number of nitrogens with two attached hydrogens (primary N) is 1. The van der Waals surface area contributed by atoms with Crippen molar-refractivity contribution in [1.29, 1.82) is 0 Å². The van der Waals surface area contributed by atoms with E-state index in [1.54, 1.807) is 0 Å². The SMILES string of the molecule is CCN(Cc1ccccc1C)C(=O)C1CCCCC1N. The van der Waals surface area contributed by atoms with Crippen LogP contribution in [-0.2, 0) is 11.3 Å². The third-order valence-corrected chi connectivity index (χ3v) is 4.45. The molecule has 1 fully saturated rings. The van der Waals surface area contributed by atoms with Crippen LogP contribution in [0.15, 0.2) is 24.3 Å². The minimum Gasteiger partial charge on any atom is -0.338 e. The summed E-state index contributed by atoms with van der Waals surface area (Å²) in [5, 5.41) is 0. The summed E-state index contributed by atoms with van der Waals surface area (Å²) in [6.45, 7) is 5.59. The number of amides is 1. The van der Waals surface area contributed by atoms with Crippen molar-refractivity contribution in [1.82, 2.24) is 4.90 Å². The highest BCUT2D eigenvalue weighted by Gasteiger charge is 2.31. The molecule has 2 rings (SSSR count). The van der Waals surface area contributed by atoms with E-state index in [0.717, 1.165) is 32.2 Å². The monoisotopic (exact) mass is 274 g/mol. The number of hydrogen-bond donors (Lipinski definition) is 1. The highest BCUT2D eigenvalue weighted by Crippen LogP contribution is 2.25. The predicted molar refractivity (Wildman–Crippen MR) is 82.2 cm³/mol. The van der Waals surface area contributed by atoms with E-state index in [0.29, 0.717) is 6.54 Å². The van der Waals surface area contributed by atoms with E-state index in [1.807, 2.05) is 24.0 Å². The average molecular weight is 274 g/mol. The van der Waals surface area contributed by atoms with Crippen LogP contribution in [0.2, 0.25) is 0 Å². The third-order valence-electron chi connectivity index (χ3n) is 4.45. The van der Waals surface area contributed by atoms with Gasteiger partial charge in [-0.05, 0) is 37.8 Å². The highest BCUT2D eigenvalue weighted by molar-refractivity contribution is 5.79. The van der Waals surface area contributed by atoms with E-state index in [-0.39, 0.29) is 17.9 Å². The molecule has 0 heterocycles. The number of carbonyl (C=O) groups excluding carboxylic acids is 1. The van der Waals surface area contributed by atoms with Crippen molar-refractivity contribution in [3.05, 3.63) is 35.4 Å². The van der Waals surface area contributed by atoms with Crippen LogP contribution in [-0.4, -0.2) is 23.4 Å². The molecule has 1 aromatic carbocycles. The Morgan fingerprint density at radius 1 is 1.30 bits per heavy atom. The van der Waals surface area contributed by atoms with Crippen LogP contribution in [0.25, 0.3) is 0 Å². The molecule has 2 atom stereocenters. The van der Waals surface area contributed by atoms with Gasteiger partial charge in [0.25, 0.3) is 0 Å². The van der Waals surface area contributed by atoms with E-state index in [9.17, 15) is 4.79 Å². The molecule has 0 saturated heterocycles. The molecule has 0 aromatic heterocycles. The van der Waals surface area contributed by atoms with E-state index >= 15 is 0 Å². The van der Waals surface area contributed by atoms with Crippen molar-refractivity contribution < 1.29 is 4.79 Å². The van der Waals surface area contributed by atoms with Crippen molar-refractivity contribution in [2.45, 2.75) is 52.1 Å². The normalized spacial score (nSPS) is 22.6. The standard InChI is InChI=1S/C17H26N2O/c1-3-19(12-14-9-5-4-8-13(14)2)17(20)15-10-6-7-11-16(15)18/h4-5,8-9,15-16H,3,6-7,10-12,18H2,1-2H3. The lowest BCUT2D eigenvalue weighted by atomic mass is 9.84. The predicted octanol–water partition coefficient (Wildman–Crippen LogP) is 2.86. The van der Waals surface area contributed by atoms with Gasteiger partial charge in [-0.15, -0.1) is 0 Å². The van der Waals surface area contributed by atoms with Crippen molar-refractivity contribution in [2.75, 3.05) is 6.54 Å². The zero-order valence-corrected chi connectivity index (χ0v) is 12.6. The number of nitrogens with zero attached hydrogens (tertiary/aromatic N) is 1. The number of aryl methyl sites for hydroxylation is 1. The average Bonchev–Trinajstić information content (AvgIpc) is 2.46. The summed E-state index contributed by atoms with van der Waals surface area (Å²) in [5.41, 5.74) is 8.62.